The Hall–Kier alpha value is -2.63. The third-order valence-electron chi connectivity index (χ3n) is 3.50. The zero-order valence-electron chi connectivity index (χ0n) is 14.5. The van der Waals surface area contributed by atoms with E-state index in [9.17, 15) is 4.79 Å². The van der Waals surface area contributed by atoms with E-state index in [2.05, 4.69) is 29.1 Å². The predicted octanol–water partition coefficient (Wildman–Crippen LogP) is 3.49. The van der Waals surface area contributed by atoms with Gasteiger partial charge in [-0.05, 0) is 43.2 Å². The Bertz CT molecular complexity index is 652. The third-order valence-corrected chi connectivity index (χ3v) is 3.50. The van der Waals surface area contributed by atoms with Crippen molar-refractivity contribution in [1.82, 2.24) is 14.9 Å². The Morgan fingerprint density at radius 2 is 1.79 bits per heavy atom. The Morgan fingerprint density at radius 3 is 2.38 bits per heavy atom. The molecular weight excluding hydrogens is 304 g/mol. The van der Waals surface area contributed by atoms with Gasteiger partial charge in [0.1, 0.15) is 11.4 Å². The Labute approximate surface area is 142 Å². The summed E-state index contributed by atoms with van der Waals surface area (Å²) in [6, 6.07) is 9.09. The van der Waals surface area contributed by atoms with E-state index in [0.717, 1.165) is 37.4 Å². The zero-order valence-corrected chi connectivity index (χ0v) is 14.5. The van der Waals surface area contributed by atoms with E-state index in [1.807, 2.05) is 29.2 Å². The number of carbonyl (C=O) groups is 1. The van der Waals surface area contributed by atoms with Crippen LogP contribution in [0.4, 0.5) is 11.6 Å². The summed E-state index contributed by atoms with van der Waals surface area (Å²) in [7, 11) is 1.62. The van der Waals surface area contributed by atoms with Crippen LogP contribution < -0.4 is 10.1 Å². The largest absolute Gasteiger partial charge is 0.497 e. The first-order chi connectivity index (χ1) is 11.7. The average molecular weight is 328 g/mol. The van der Waals surface area contributed by atoms with Crippen LogP contribution in [0.2, 0.25) is 0 Å². The van der Waals surface area contributed by atoms with Crippen molar-refractivity contribution in [3.8, 4) is 5.75 Å². The molecule has 1 aromatic heterocycles. The van der Waals surface area contributed by atoms with Gasteiger partial charge >= 0.3 is 0 Å². The van der Waals surface area contributed by atoms with Gasteiger partial charge in [-0.15, -0.1) is 0 Å². The predicted molar refractivity (Wildman–Crippen MR) is 94.8 cm³/mol. The number of hydrogen-bond donors (Lipinski definition) is 1. The van der Waals surface area contributed by atoms with Gasteiger partial charge in [-0.1, -0.05) is 13.8 Å². The minimum atomic E-state index is -0.0566. The van der Waals surface area contributed by atoms with Crippen LogP contribution >= 0.6 is 0 Å². The number of aromatic nitrogens is 2. The van der Waals surface area contributed by atoms with Crippen LogP contribution in [0.1, 0.15) is 37.2 Å². The minimum absolute atomic E-state index is 0.0566. The molecule has 0 saturated heterocycles. The summed E-state index contributed by atoms with van der Waals surface area (Å²) in [6.07, 6.45) is 3.45. The zero-order chi connectivity index (χ0) is 17.4. The van der Waals surface area contributed by atoms with Crippen molar-refractivity contribution in [1.29, 1.82) is 0 Å². The summed E-state index contributed by atoms with van der Waals surface area (Å²) in [6.45, 7) is 5.59. The van der Waals surface area contributed by atoms with Crippen molar-refractivity contribution in [3.05, 3.63) is 42.2 Å². The number of nitrogens with zero attached hydrogens (tertiary/aromatic N) is 3. The number of benzene rings is 1. The van der Waals surface area contributed by atoms with Crippen LogP contribution in [0.5, 0.6) is 5.75 Å². The summed E-state index contributed by atoms with van der Waals surface area (Å²) >= 11 is 0. The molecule has 0 radical (unpaired) electrons. The van der Waals surface area contributed by atoms with Crippen molar-refractivity contribution in [2.45, 2.75) is 26.7 Å². The van der Waals surface area contributed by atoms with Gasteiger partial charge in [0.15, 0.2) is 0 Å². The molecule has 128 valence electrons. The van der Waals surface area contributed by atoms with Crippen LogP contribution in [0.3, 0.4) is 0 Å². The van der Waals surface area contributed by atoms with Gasteiger partial charge < -0.3 is 15.0 Å². The number of carbonyl (C=O) groups excluding carboxylic acids is 1. The molecule has 0 unspecified atom stereocenters. The van der Waals surface area contributed by atoms with Crippen molar-refractivity contribution in [3.63, 3.8) is 0 Å². The van der Waals surface area contributed by atoms with E-state index in [1.165, 1.54) is 0 Å². The maximum absolute atomic E-state index is 12.6. The lowest BCUT2D eigenvalue weighted by molar-refractivity contribution is 0.0749. The molecule has 0 atom stereocenters. The van der Waals surface area contributed by atoms with Crippen molar-refractivity contribution in [2.24, 2.45) is 0 Å². The fourth-order valence-electron chi connectivity index (χ4n) is 2.36. The molecule has 0 aliphatic heterocycles. The van der Waals surface area contributed by atoms with Crippen molar-refractivity contribution in [2.75, 3.05) is 25.5 Å². The number of hydrogen-bond acceptors (Lipinski definition) is 5. The lowest BCUT2D eigenvalue weighted by atomic mass is 10.3. The van der Waals surface area contributed by atoms with Crippen LogP contribution in [-0.2, 0) is 0 Å². The number of ether oxygens (including phenoxy) is 1. The van der Waals surface area contributed by atoms with Crippen LogP contribution in [-0.4, -0.2) is 41.0 Å². The average Bonchev–Trinajstić information content (AvgIpc) is 2.62. The molecule has 6 nitrogen and oxygen atoms in total. The normalized spacial score (nSPS) is 10.3. The number of amides is 1. The first-order valence-corrected chi connectivity index (χ1v) is 8.21. The quantitative estimate of drug-likeness (QED) is 0.803. The number of anilines is 2. The summed E-state index contributed by atoms with van der Waals surface area (Å²) in [5.41, 5.74) is 1.24. The molecule has 1 heterocycles. The maximum Gasteiger partial charge on any atom is 0.272 e. The molecular formula is C18H24N4O2. The fourth-order valence-corrected chi connectivity index (χ4v) is 2.36. The van der Waals surface area contributed by atoms with E-state index in [0.29, 0.717) is 11.6 Å². The first kappa shape index (κ1) is 17.7. The molecule has 0 saturated carbocycles. The molecule has 2 aromatic rings. The summed E-state index contributed by atoms with van der Waals surface area (Å²) in [4.78, 5) is 23.0. The highest BCUT2D eigenvalue weighted by molar-refractivity contribution is 5.92. The monoisotopic (exact) mass is 328 g/mol. The Kier molecular flexibility index (Phi) is 6.54. The molecule has 0 fully saturated rings. The van der Waals surface area contributed by atoms with Gasteiger partial charge in [0, 0.05) is 25.0 Å². The van der Waals surface area contributed by atoms with Gasteiger partial charge in [0.25, 0.3) is 5.91 Å². The van der Waals surface area contributed by atoms with E-state index in [4.69, 9.17) is 4.74 Å². The molecule has 0 spiro atoms. The lowest BCUT2D eigenvalue weighted by Crippen LogP contribution is -2.33. The summed E-state index contributed by atoms with van der Waals surface area (Å²) in [5.74, 6) is 1.12. The number of methoxy groups -OCH3 is 1. The first-order valence-electron chi connectivity index (χ1n) is 8.21. The van der Waals surface area contributed by atoms with E-state index in [-0.39, 0.29) is 5.91 Å². The van der Waals surface area contributed by atoms with Crippen molar-refractivity contribution >= 4 is 17.5 Å². The van der Waals surface area contributed by atoms with Gasteiger partial charge in [0.05, 0.1) is 7.11 Å². The molecule has 0 bridgehead atoms. The Balaban J connectivity index is 2.13. The SMILES string of the molecule is CCCN(CCC)C(=O)c1ccnc(Nc2ccc(OC)cc2)n1. The molecule has 0 aliphatic rings. The van der Waals surface area contributed by atoms with Crippen molar-refractivity contribution < 1.29 is 9.53 Å². The van der Waals surface area contributed by atoms with Gasteiger partial charge in [-0.2, -0.15) is 0 Å². The molecule has 6 heteroatoms. The highest BCUT2D eigenvalue weighted by Gasteiger charge is 2.16. The Morgan fingerprint density at radius 1 is 1.12 bits per heavy atom. The molecule has 1 N–H and O–H groups in total. The van der Waals surface area contributed by atoms with E-state index < -0.39 is 0 Å². The minimum Gasteiger partial charge on any atom is -0.497 e. The van der Waals surface area contributed by atoms with E-state index >= 15 is 0 Å². The van der Waals surface area contributed by atoms with E-state index in [1.54, 1.807) is 19.4 Å². The highest BCUT2D eigenvalue weighted by atomic mass is 16.5. The van der Waals surface area contributed by atoms with Gasteiger partial charge in [0.2, 0.25) is 5.95 Å². The standard InChI is InChI=1S/C18H24N4O2/c1-4-12-22(13-5-2)17(23)16-10-11-19-18(21-16)20-14-6-8-15(24-3)9-7-14/h6-11H,4-5,12-13H2,1-3H3,(H,19,20,21). The molecule has 24 heavy (non-hydrogen) atoms. The molecule has 1 amide bonds. The smallest absolute Gasteiger partial charge is 0.272 e. The highest BCUT2D eigenvalue weighted by Crippen LogP contribution is 2.18. The van der Waals surface area contributed by atoms with Crippen LogP contribution in [0.15, 0.2) is 36.5 Å². The third kappa shape index (κ3) is 4.68. The maximum atomic E-state index is 12.6. The fraction of sp³-hybridized carbons (Fsp3) is 0.389. The second kappa shape index (κ2) is 8.86. The second-order valence-electron chi connectivity index (χ2n) is 5.41. The second-order valence-corrected chi connectivity index (χ2v) is 5.41. The molecule has 2 rings (SSSR count). The summed E-state index contributed by atoms with van der Waals surface area (Å²) in [5, 5.41) is 3.10. The topological polar surface area (TPSA) is 67.4 Å². The van der Waals surface area contributed by atoms with Crippen LogP contribution in [0.25, 0.3) is 0 Å². The molecule has 0 aliphatic carbocycles. The van der Waals surface area contributed by atoms with Crippen LogP contribution in [0, 0.1) is 0 Å². The van der Waals surface area contributed by atoms with Gasteiger partial charge in [-0.3, -0.25) is 4.79 Å². The number of nitrogens with one attached hydrogen (secondary N) is 1. The lowest BCUT2D eigenvalue weighted by Gasteiger charge is -2.21. The van der Waals surface area contributed by atoms with Gasteiger partial charge in [-0.25, -0.2) is 9.97 Å². The number of rotatable bonds is 8. The summed E-state index contributed by atoms with van der Waals surface area (Å²) < 4.78 is 5.13. The molecule has 1 aromatic carbocycles.